The Morgan fingerprint density at radius 3 is 2.55 bits per heavy atom. The van der Waals surface area contributed by atoms with Crippen LogP contribution in [0.15, 0.2) is 36.7 Å². The largest absolute Gasteiger partial charge is 0.495 e. The molecule has 3 heterocycles. The summed E-state index contributed by atoms with van der Waals surface area (Å²) >= 11 is 5.98. The number of hydrogen-bond donors (Lipinski definition) is 1. The third-order valence-corrected chi connectivity index (χ3v) is 5.44. The van der Waals surface area contributed by atoms with E-state index in [2.05, 4.69) is 15.3 Å². The molecule has 0 saturated carbocycles. The summed E-state index contributed by atoms with van der Waals surface area (Å²) in [6.45, 7) is 8.41. The van der Waals surface area contributed by atoms with E-state index in [1.807, 2.05) is 39.0 Å². The average molecular weight is 473 g/mol. The van der Waals surface area contributed by atoms with Gasteiger partial charge in [-0.15, -0.1) is 0 Å². The van der Waals surface area contributed by atoms with Crippen molar-refractivity contribution in [3.63, 3.8) is 0 Å². The van der Waals surface area contributed by atoms with Crippen LogP contribution in [0.5, 0.6) is 5.75 Å². The first-order valence-electron chi connectivity index (χ1n) is 10.7. The van der Waals surface area contributed by atoms with Gasteiger partial charge in [0.15, 0.2) is 0 Å². The molecule has 1 N–H and O–H groups in total. The van der Waals surface area contributed by atoms with Gasteiger partial charge in [0.1, 0.15) is 22.2 Å². The summed E-state index contributed by atoms with van der Waals surface area (Å²) in [5, 5.41) is 3.14. The van der Waals surface area contributed by atoms with Crippen LogP contribution in [0, 0.1) is 0 Å². The highest BCUT2D eigenvalue weighted by Crippen LogP contribution is 2.27. The number of carbonyl (C=O) groups excluding carboxylic acids is 2. The van der Waals surface area contributed by atoms with Gasteiger partial charge in [0, 0.05) is 25.4 Å². The summed E-state index contributed by atoms with van der Waals surface area (Å²) in [4.78, 5) is 35.2. The van der Waals surface area contributed by atoms with Crippen LogP contribution in [0.1, 0.15) is 51.3 Å². The van der Waals surface area contributed by atoms with Gasteiger partial charge in [-0.25, -0.2) is 9.78 Å². The number of halogens is 1. The van der Waals surface area contributed by atoms with Gasteiger partial charge in [-0.2, -0.15) is 0 Å². The molecule has 176 valence electrons. The second-order valence-electron chi connectivity index (χ2n) is 8.80. The second-order valence-corrected chi connectivity index (χ2v) is 9.20. The number of carbonyl (C=O) groups is 2. The van der Waals surface area contributed by atoms with Gasteiger partial charge in [-0.3, -0.25) is 9.78 Å². The van der Waals surface area contributed by atoms with Crippen LogP contribution >= 0.6 is 11.6 Å². The molecular formula is C24H29ClN4O4. The van der Waals surface area contributed by atoms with Gasteiger partial charge in [0.25, 0.3) is 0 Å². The van der Waals surface area contributed by atoms with Crippen LogP contribution < -0.4 is 10.1 Å². The van der Waals surface area contributed by atoms with Gasteiger partial charge < -0.3 is 19.7 Å². The zero-order valence-electron chi connectivity index (χ0n) is 19.5. The minimum Gasteiger partial charge on any atom is -0.495 e. The van der Waals surface area contributed by atoms with Crippen molar-refractivity contribution in [1.82, 2.24) is 14.9 Å². The van der Waals surface area contributed by atoms with E-state index in [9.17, 15) is 9.59 Å². The molecule has 0 radical (unpaired) electrons. The third-order valence-electron chi connectivity index (χ3n) is 5.16. The summed E-state index contributed by atoms with van der Waals surface area (Å²) in [6.07, 6.45) is 5.50. The fourth-order valence-electron chi connectivity index (χ4n) is 3.28. The predicted molar refractivity (Wildman–Crippen MR) is 127 cm³/mol. The number of nitrogens with zero attached hydrogens (tertiary/aromatic N) is 3. The number of rotatable bonds is 5. The zero-order valence-corrected chi connectivity index (χ0v) is 20.3. The fraction of sp³-hybridized carbons (Fsp3) is 0.417. The second kappa shape index (κ2) is 10.2. The van der Waals surface area contributed by atoms with Crippen LogP contribution in [0.25, 0.3) is 5.57 Å². The van der Waals surface area contributed by atoms with E-state index in [0.29, 0.717) is 36.1 Å². The molecule has 0 bridgehead atoms. The molecule has 0 saturated heterocycles. The Hall–Kier alpha value is -3.13. The maximum absolute atomic E-state index is 12.7. The summed E-state index contributed by atoms with van der Waals surface area (Å²) < 4.78 is 10.6. The minimum atomic E-state index is -0.517. The number of anilines is 1. The smallest absolute Gasteiger partial charge is 0.410 e. The monoisotopic (exact) mass is 472 g/mol. The van der Waals surface area contributed by atoms with Crippen molar-refractivity contribution in [2.45, 2.75) is 45.6 Å². The molecule has 0 fully saturated rings. The van der Waals surface area contributed by atoms with E-state index < -0.39 is 11.5 Å². The van der Waals surface area contributed by atoms with Crippen molar-refractivity contribution in [1.29, 1.82) is 0 Å². The molecule has 9 heteroatoms. The van der Waals surface area contributed by atoms with Gasteiger partial charge in [-0.05, 0) is 51.3 Å². The van der Waals surface area contributed by atoms with E-state index in [0.717, 1.165) is 16.8 Å². The van der Waals surface area contributed by atoms with E-state index in [-0.39, 0.29) is 12.0 Å². The van der Waals surface area contributed by atoms with Crippen molar-refractivity contribution in [2.75, 3.05) is 25.5 Å². The lowest BCUT2D eigenvalue weighted by Gasteiger charge is -2.29. The van der Waals surface area contributed by atoms with E-state index in [1.54, 1.807) is 24.1 Å². The molecule has 33 heavy (non-hydrogen) atoms. The molecule has 0 spiro atoms. The molecule has 8 nitrogen and oxygen atoms in total. The average Bonchev–Trinajstić information content (AvgIpc) is 2.79. The maximum Gasteiger partial charge on any atom is 0.410 e. The lowest BCUT2D eigenvalue weighted by atomic mass is 9.99. The quantitative estimate of drug-likeness (QED) is 0.664. The van der Waals surface area contributed by atoms with Crippen LogP contribution in [0.4, 0.5) is 10.6 Å². The first-order valence-corrected chi connectivity index (χ1v) is 11.1. The molecule has 1 aliphatic heterocycles. The standard InChI is InChI=1S/C24H29ClN4O4/c1-15(22(30)28-21-12-20(32-5)18(25)14-27-21)17-6-7-19(26-13-17)16-8-10-29(11-9-16)23(31)33-24(2,3)4/h6-8,12-15H,9-11H2,1-5H3,(H,27,28,30). The Morgan fingerprint density at radius 2 is 1.97 bits per heavy atom. The lowest BCUT2D eigenvalue weighted by Crippen LogP contribution is -2.39. The van der Waals surface area contributed by atoms with Crippen LogP contribution in [-0.2, 0) is 9.53 Å². The highest BCUT2D eigenvalue weighted by atomic mass is 35.5. The number of methoxy groups -OCH3 is 1. The van der Waals surface area contributed by atoms with E-state index in [4.69, 9.17) is 21.1 Å². The first kappa shape index (κ1) is 24.5. The first-order chi connectivity index (χ1) is 15.6. The Kier molecular flexibility index (Phi) is 7.58. The molecule has 1 aliphatic rings. The van der Waals surface area contributed by atoms with Gasteiger partial charge >= 0.3 is 6.09 Å². The summed E-state index contributed by atoms with van der Waals surface area (Å²) in [6, 6.07) is 5.37. The van der Waals surface area contributed by atoms with Crippen LogP contribution in [0.3, 0.4) is 0 Å². The number of amides is 2. The topological polar surface area (TPSA) is 93.7 Å². The number of nitrogens with one attached hydrogen (secondary N) is 1. The molecule has 0 aromatic carbocycles. The van der Waals surface area contributed by atoms with Crippen LogP contribution in [0.2, 0.25) is 5.02 Å². The highest BCUT2D eigenvalue weighted by Gasteiger charge is 2.24. The fourth-order valence-corrected chi connectivity index (χ4v) is 3.46. The van der Waals surface area contributed by atoms with Crippen molar-refractivity contribution in [3.05, 3.63) is 52.9 Å². The normalized spacial score (nSPS) is 14.8. The molecular weight excluding hydrogens is 444 g/mol. The molecule has 2 aromatic rings. The number of ether oxygens (including phenoxy) is 2. The van der Waals surface area contributed by atoms with Crippen LogP contribution in [-0.4, -0.2) is 52.7 Å². The minimum absolute atomic E-state index is 0.216. The van der Waals surface area contributed by atoms with Crippen molar-refractivity contribution in [3.8, 4) is 5.75 Å². The summed E-state index contributed by atoms with van der Waals surface area (Å²) in [5.74, 6) is 0.149. The summed E-state index contributed by atoms with van der Waals surface area (Å²) in [5.41, 5.74) is 2.16. The Bertz CT molecular complexity index is 1050. The van der Waals surface area contributed by atoms with Gasteiger partial charge in [0.2, 0.25) is 5.91 Å². The molecule has 2 amide bonds. The van der Waals surface area contributed by atoms with Gasteiger partial charge in [0.05, 0.1) is 24.9 Å². The molecule has 1 unspecified atom stereocenters. The van der Waals surface area contributed by atoms with Crippen molar-refractivity contribution in [2.24, 2.45) is 0 Å². The Labute approximate surface area is 199 Å². The number of pyridine rings is 2. The SMILES string of the molecule is COc1cc(NC(=O)C(C)c2ccc(C3=CCN(C(=O)OC(C)(C)C)CC3)nc2)ncc1Cl. The van der Waals surface area contributed by atoms with Crippen molar-refractivity contribution >= 4 is 35.0 Å². The predicted octanol–water partition coefficient (Wildman–Crippen LogP) is 4.91. The van der Waals surface area contributed by atoms with Crippen molar-refractivity contribution < 1.29 is 19.1 Å². The number of aromatic nitrogens is 2. The highest BCUT2D eigenvalue weighted by molar-refractivity contribution is 6.32. The maximum atomic E-state index is 12.7. The van der Waals surface area contributed by atoms with E-state index >= 15 is 0 Å². The zero-order chi connectivity index (χ0) is 24.2. The molecule has 3 rings (SSSR count). The van der Waals surface area contributed by atoms with Gasteiger partial charge in [-0.1, -0.05) is 23.7 Å². The Balaban J connectivity index is 1.61. The molecule has 0 aliphatic carbocycles. The third kappa shape index (κ3) is 6.44. The molecule has 1 atom stereocenters. The number of hydrogen-bond acceptors (Lipinski definition) is 6. The summed E-state index contributed by atoms with van der Waals surface area (Å²) in [7, 11) is 1.50. The van der Waals surface area contributed by atoms with E-state index in [1.165, 1.54) is 13.3 Å². The molecule has 2 aromatic heterocycles. The lowest BCUT2D eigenvalue weighted by molar-refractivity contribution is -0.117. The Morgan fingerprint density at radius 1 is 1.21 bits per heavy atom.